The predicted molar refractivity (Wildman–Crippen MR) is 70.7 cm³/mol. The smallest absolute Gasteiger partial charge is 0.0593 e. The molecule has 0 saturated heterocycles. The Hall–Kier alpha value is 0.400. The highest BCUT2D eigenvalue weighted by Crippen LogP contribution is 2.27. The third-order valence-corrected chi connectivity index (χ3v) is 3.55. The monoisotopic (exact) mass is 279 g/mol. The molecule has 0 aliphatic heterocycles. The molecule has 0 radical (unpaired) electrons. The van der Waals surface area contributed by atoms with E-state index in [0.717, 1.165) is 31.6 Å². The molecule has 0 spiro atoms. The van der Waals surface area contributed by atoms with Gasteiger partial charge in [0.05, 0.1) is 6.61 Å². The summed E-state index contributed by atoms with van der Waals surface area (Å²) in [6.07, 6.45) is 0. The molecular formula is C12H26BrNO. The topological polar surface area (TPSA) is 12.5 Å². The summed E-state index contributed by atoms with van der Waals surface area (Å²) < 4.78 is 5.35. The van der Waals surface area contributed by atoms with Gasteiger partial charge in [-0.05, 0) is 25.3 Å². The van der Waals surface area contributed by atoms with Gasteiger partial charge in [0.25, 0.3) is 0 Å². The standard InChI is InChI=1S/C12H26BrNO/c1-6-15-8-7-14(5)10-11(9-13)12(2,3)4/h11H,6-10H2,1-5H3. The lowest BCUT2D eigenvalue weighted by molar-refractivity contribution is 0.107. The van der Waals surface area contributed by atoms with Crippen LogP contribution >= 0.6 is 15.9 Å². The van der Waals surface area contributed by atoms with Crippen molar-refractivity contribution in [3.8, 4) is 0 Å². The van der Waals surface area contributed by atoms with Crippen molar-refractivity contribution in [3.63, 3.8) is 0 Å². The van der Waals surface area contributed by atoms with Crippen LogP contribution in [0.15, 0.2) is 0 Å². The van der Waals surface area contributed by atoms with Gasteiger partial charge in [-0.2, -0.15) is 0 Å². The van der Waals surface area contributed by atoms with Gasteiger partial charge in [-0.15, -0.1) is 0 Å². The first-order valence-electron chi connectivity index (χ1n) is 5.74. The molecule has 1 atom stereocenters. The largest absolute Gasteiger partial charge is 0.380 e. The quantitative estimate of drug-likeness (QED) is 0.525. The minimum Gasteiger partial charge on any atom is -0.380 e. The number of likely N-dealkylation sites (N-methyl/N-ethyl adjacent to an activating group) is 1. The van der Waals surface area contributed by atoms with Crippen LogP contribution in [0.25, 0.3) is 0 Å². The van der Waals surface area contributed by atoms with Crippen LogP contribution in [0.5, 0.6) is 0 Å². The van der Waals surface area contributed by atoms with Gasteiger partial charge in [-0.3, -0.25) is 0 Å². The first kappa shape index (κ1) is 15.4. The highest BCUT2D eigenvalue weighted by atomic mass is 79.9. The summed E-state index contributed by atoms with van der Waals surface area (Å²) >= 11 is 3.60. The molecule has 1 unspecified atom stereocenters. The minimum atomic E-state index is 0.364. The third-order valence-electron chi connectivity index (χ3n) is 2.76. The summed E-state index contributed by atoms with van der Waals surface area (Å²) in [5, 5.41) is 1.06. The van der Waals surface area contributed by atoms with Crippen LogP contribution in [-0.2, 0) is 4.74 Å². The van der Waals surface area contributed by atoms with E-state index in [-0.39, 0.29) is 0 Å². The molecule has 0 aromatic heterocycles. The Morgan fingerprint density at radius 3 is 2.33 bits per heavy atom. The summed E-state index contributed by atoms with van der Waals surface area (Å²) in [6, 6.07) is 0. The zero-order valence-electron chi connectivity index (χ0n) is 10.8. The van der Waals surface area contributed by atoms with Gasteiger partial charge in [0.15, 0.2) is 0 Å². The molecule has 0 aromatic carbocycles. The van der Waals surface area contributed by atoms with Crippen molar-refractivity contribution in [2.45, 2.75) is 27.7 Å². The van der Waals surface area contributed by atoms with Crippen molar-refractivity contribution in [3.05, 3.63) is 0 Å². The number of halogens is 1. The van der Waals surface area contributed by atoms with Gasteiger partial charge in [0.2, 0.25) is 0 Å². The van der Waals surface area contributed by atoms with Gasteiger partial charge >= 0.3 is 0 Å². The lowest BCUT2D eigenvalue weighted by Gasteiger charge is -2.32. The van der Waals surface area contributed by atoms with Gasteiger partial charge in [0, 0.05) is 25.0 Å². The molecule has 0 N–H and O–H groups in total. The number of ether oxygens (including phenoxy) is 1. The van der Waals surface area contributed by atoms with Crippen LogP contribution in [0, 0.1) is 11.3 Å². The van der Waals surface area contributed by atoms with Crippen molar-refractivity contribution in [1.29, 1.82) is 0 Å². The van der Waals surface area contributed by atoms with E-state index in [2.05, 4.69) is 48.6 Å². The number of alkyl halides is 1. The molecule has 92 valence electrons. The maximum absolute atomic E-state index is 5.35. The van der Waals surface area contributed by atoms with Gasteiger partial charge in [-0.25, -0.2) is 0 Å². The molecule has 0 heterocycles. The third kappa shape index (κ3) is 7.31. The van der Waals surface area contributed by atoms with E-state index < -0.39 is 0 Å². The average molecular weight is 280 g/mol. The van der Waals surface area contributed by atoms with E-state index in [1.807, 2.05) is 6.92 Å². The first-order chi connectivity index (χ1) is 6.91. The lowest BCUT2D eigenvalue weighted by Crippen LogP contribution is -2.35. The molecule has 0 bridgehead atoms. The highest BCUT2D eigenvalue weighted by molar-refractivity contribution is 9.09. The zero-order chi connectivity index (χ0) is 11.9. The molecular weight excluding hydrogens is 254 g/mol. The molecule has 0 saturated carbocycles. The zero-order valence-corrected chi connectivity index (χ0v) is 12.4. The van der Waals surface area contributed by atoms with Crippen molar-refractivity contribution >= 4 is 15.9 Å². The Labute approximate surface area is 103 Å². The maximum Gasteiger partial charge on any atom is 0.0593 e. The molecule has 3 heteroatoms. The molecule has 0 aliphatic rings. The molecule has 0 amide bonds. The number of nitrogens with zero attached hydrogens (tertiary/aromatic N) is 1. The van der Waals surface area contributed by atoms with E-state index in [0.29, 0.717) is 11.3 Å². The minimum absolute atomic E-state index is 0.364. The SMILES string of the molecule is CCOCCN(C)CC(CBr)C(C)(C)C. The van der Waals surface area contributed by atoms with Crippen LogP contribution < -0.4 is 0 Å². The van der Waals surface area contributed by atoms with Crippen LogP contribution in [0.1, 0.15) is 27.7 Å². The van der Waals surface area contributed by atoms with E-state index in [1.165, 1.54) is 0 Å². The van der Waals surface area contributed by atoms with Gasteiger partial charge < -0.3 is 9.64 Å². The molecule has 0 fully saturated rings. The van der Waals surface area contributed by atoms with E-state index >= 15 is 0 Å². The molecule has 0 rings (SSSR count). The average Bonchev–Trinajstić information content (AvgIpc) is 2.12. The molecule has 2 nitrogen and oxygen atoms in total. The van der Waals surface area contributed by atoms with Gasteiger partial charge in [0.1, 0.15) is 0 Å². The second-order valence-corrected chi connectivity index (χ2v) is 5.82. The lowest BCUT2D eigenvalue weighted by atomic mass is 9.82. The van der Waals surface area contributed by atoms with E-state index in [9.17, 15) is 0 Å². The fourth-order valence-electron chi connectivity index (χ4n) is 1.39. The van der Waals surface area contributed by atoms with E-state index in [1.54, 1.807) is 0 Å². The van der Waals surface area contributed by atoms with Crippen LogP contribution in [0.3, 0.4) is 0 Å². The van der Waals surface area contributed by atoms with Crippen molar-refractivity contribution in [2.75, 3.05) is 38.7 Å². The van der Waals surface area contributed by atoms with Crippen LogP contribution in [0.4, 0.5) is 0 Å². The fraction of sp³-hybridized carbons (Fsp3) is 1.00. The second-order valence-electron chi connectivity index (χ2n) is 5.18. The first-order valence-corrected chi connectivity index (χ1v) is 6.86. The summed E-state index contributed by atoms with van der Waals surface area (Å²) in [4.78, 5) is 2.35. The number of rotatable bonds is 7. The summed E-state index contributed by atoms with van der Waals surface area (Å²) in [5.74, 6) is 0.684. The fourth-order valence-corrected chi connectivity index (χ4v) is 2.56. The Kier molecular flexibility index (Phi) is 7.84. The number of hydrogen-bond donors (Lipinski definition) is 0. The Bertz CT molecular complexity index is 156. The molecule has 15 heavy (non-hydrogen) atoms. The highest BCUT2D eigenvalue weighted by Gasteiger charge is 2.24. The Balaban J connectivity index is 3.86. The van der Waals surface area contributed by atoms with Crippen molar-refractivity contribution < 1.29 is 4.74 Å². The van der Waals surface area contributed by atoms with Crippen LogP contribution in [-0.4, -0.2) is 43.6 Å². The summed E-state index contributed by atoms with van der Waals surface area (Å²) in [6.45, 7) is 12.7. The van der Waals surface area contributed by atoms with Crippen LogP contribution in [0.2, 0.25) is 0 Å². The second kappa shape index (κ2) is 7.64. The van der Waals surface area contributed by atoms with E-state index in [4.69, 9.17) is 4.74 Å². The molecule has 0 aliphatic carbocycles. The Morgan fingerprint density at radius 1 is 1.33 bits per heavy atom. The normalized spacial score (nSPS) is 14.6. The molecule has 0 aromatic rings. The maximum atomic E-state index is 5.35. The van der Waals surface area contributed by atoms with Gasteiger partial charge in [-0.1, -0.05) is 36.7 Å². The van der Waals surface area contributed by atoms with Crippen molar-refractivity contribution in [1.82, 2.24) is 4.90 Å². The summed E-state index contributed by atoms with van der Waals surface area (Å²) in [5.41, 5.74) is 0.364. The Morgan fingerprint density at radius 2 is 1.93 bits per heavy atom. The predicted octanol–water partition coefficient (Wildman–Crippen LogP) is 3.01. The number of hydrogen-bond acceptors (Lipinski definition) is 2. The summed E-state index contributed by atoms with van der Waals surface area (Å²) in [7, 11) is 2.17. The van der Waals surface area contributed by atoms with Crippen molar-refractivity contribution in [2.24, 2.45) is 11.3 Å².